The third-order valence-electron chi connectivity index (χ3n) is 6.47. The molecule has 2 fully saturated rings. The number of phenols is 2. The first-order valence-electron chi connectivity index (χ1n) is 11.0. The summed E-state index contributed by atoms with van der Waals surface area (Å²) in [6.07, 6.45) is 0.514. The van der Waals surface area contributed by atoms with E-state index in [2.05, 4.69) is 15.8 Å². The molecule has 2 saturated heterocycles. The van der Waals surface area contributed by atoms with Gasteiger partial charge in [0.2, 0.25) is 5.91 Å². The number of fused-ring (bicyclic) bond motifs is 1. The summed E-state index contributed by atoms with van der Waals surface area (Å²) in [5.74, 6) is -4.50. The number of nitrogens with zero attached hydrogens (tertiary/aromatic N) is 2. The van der Waals surface area contributed by atoms with Crippen molar-refractivity contribution in [3.05, 3.63) is 58.1 Å². The van der Waals surface area contributed by atoms with Gasteiger partial charge in [0.15, 0.2) is 27.4 Å². The Balaban J connectivity index is 1.39. The highest BCUT2D eigenvalue weighted by Gasteiger charge is 2.69. The number of aliphatic carboxylic acids is 1. The van der Waals surface area contributed by atoms with Gasteiger partial charge < -0.3 is 25.5 Å². The standard InChI is InChI=1S/C23H21ClN4O9S/c1-23(19(22(34)35)28-15(30)8-16(28)38(23,36)37)10-26-27-20(32)12-4-2-11(3-5-12)9-25-21(33)13-6-7-14(29)18(31)17(13)24/h2-7,10,16,19,29,31H,8-9H2,1H3,(H,25,33)(H,27,32)(H,34,35)/b26-10+/t16-,19+,23+/m1/s1. The summed E-state index contributed by atoms with van der Waals surface area (Å²) in [7, 11) is -4.11. The van der Waals surface area contributed by atoms with Crippen LogP contribution in [0.25, 0.3) is 0 Å². The van der Waals surface area contributed by atoms with Crippen LogP contribution < -0.4 is 10.7 Å². The van der Waals surface area contributed by atoms with Crippen LogP contribution >= 0.6 is 11.6 Å². The number of benzene rings is 2. The number of hydrogen-bond donors (Lipinski definition) is 5. The summed E-state index contributed by atoms with van der Waals surface area (Å²) in [6.45, 7) is 1.18. The van der Waals surface area contributed by atoms with E-state index in [9.17, 15) is 42.9 Å². The Morgan fingerprint density at radius 3 is 2.42 bits per heavy atom. The smallest absolute Gasteiger partial charge is 0.328 e. The number of hydrazone groups is 1. The highest BCUT2D eigenvalue weighted by atomic mass is 35.5. The number of nitrogens with one attached hydrogen (secondary N) is 2. The van der Waals surface area contributed by atoms with Gasteiger partial charge in [-0.3, -0.25) is 14.4 Å². The molecule has 3 amide bonds. The summed E-state index contributed by atoms with van der Waals surface area (Å²) in [5, 5.41) is 33.3. The number of amides is 3. The summed E-state index contributed by atoms with van der Waals surface area (Å²) < 4.78 is 23.7. The van der Waals surface area contributed by atoms with E-state index in [0.717, 1.165) is 24.1 Å². The van der Waals surface area contributed by atoms with E-state index < -0.39 is 61.2 Å². The molecule has 0 spiro atoms. The van der Waals surface area contributed by atoms with E-state index in [1.807, 2.05) is 0 Å². The highest BCUT2D eigenvalue weighted by Crippen LogP contribution is 2.45. The number of hydrogen-bond acceptors (Lipinski definition) is 9. The molecule has 0 unspecified atom stereocenters. The van der Waals surface area contributed by atoms with E-state index in [0.29, 0.717) is 5.56 Å². The summed E-state index contributed by atoms with van der Waals surface area (Å²) in [5.41, 5.74) is 2.84. The number of β-lactam (4-membered cyclic amide) rings is 1. The number of carbonyl (C=O) groups excluding carboxylic acids is 3. The zero-order chi connectivity index (χ0) is 28.0. The van der Waals surface area contributed by atoms with Crippen LogP contribution in [-0.4, -0.2) is 74.7 Å². The normalized spacial score (nSPS) is 23.5. The minimum absolute atomic E-state index is 0.0417. The second-order valence-electron chi connectivity index (χ2n) is 8.80. The Kier molecular flexibility index (Phi) is 6.80. The van der Waals surface area contributed by atoms with Gasteiger partial charge in [-0.15, -0.1) is 0 Å². The number of carboxylic acid groups (broad SMARTS) is 1. The van der Waals surface area contributed by atoms with Crippen molar-refractivity contribution < 1.29 is 42.9 Å². The summed E-state index contributed by atoms with van der Waals surface area (Å²) in [6, 6.07) is 6.61. The molecule has 2 heterocycles. The minimum atomic E-state index is -4.11. The van der Waals surface area contributed by atoms with Crippen LogP contribution in [0.4, 0.5) is 0 Å². The molecule has 2 aliphatic heterocycles. The van der Waals surface area contributed by atoms with E-state index in [1.165, 1.54) is 30.3 Å². The number of phenolic OH excluding ortho intramolecular Hbond substituents is 2. The lowest BCUT2D eigenvalue weighted by atomic mass is 9.97. The number of aromatic hydroxyl groups is 2. The Bertz CT molecular complexity index is 1490. The van der Waals surface area contributed by atoms with Gasteiger partial charge in [0, 0.05) is 18.3 Å². The molecule has 13 nitrogen and oxygen atoms in total. The molecule has 4 rings (SSSR count). The van der Waals surface area contributed by atoms with Gasteiger partial charge in [0.1, 0.15) is 10.1 Å². The average molecular weight is 565 g/mol. The van der Waals surface area contributed by atoms with Crippen LogP contribution in [0.5, 0.6) is 11.5 Å². The van der Waals surface area contributed by atoms with Crippen LogP contribution in [0.1, 0.15) is 39.6 Å². The Labute approximate surface area is 220 Å². The van der Waals surface area contributed by atoms with Gasteiger partial charge >= 0.3 is 5.97 Å². The van der Waals surface area contributed by atoms with E-state index in [-0.39, 0.29) is 29.1 Å². The molecule has 38 heavy (non-hydrogen) atoms. The molecule has 2 aromatic rings. The average Bonchev–Trinajstić information content (AvgIpc) is 3.00. The van der Waals surface area contributed by atoms with Crippen LogP contribution in [0.2, 0.25) is 5.02 Å². The maximum Gasteiger partial charge on any atom is 0.328 e. The monoisotopic (exact) mass is 564 g/mol. The minimum Gasteiger partial charge on any atom is -0.504 e. The number of sulfone groups is 1. The summed E-state index contributed by atoms with van der Waals surface area (Å²) >= 11 is 5.88. The van der Waals surface area contributed by atoms with Crippen LogP contribution in [0.3, 0.4) is 0 Å². The molecular formula is C23H21ClN4O9S. The van der Waals surface area contributed by atoms with Gasteiger partial charge in [-0.2, -0.15) is 5.10 Å². The van der Waals surface area contributed by atoms with Gasteiger partial charge in [-0.05, 0) is 36.8 Å². The van der Waals surface area contributed by atoms with Gasteiger partial charge in [-0.25, -0.2) is 18.6 Å². The first-order valence-corrected chi connectivity index (χ1v) is 12.9. The summed E-state index contributed by atoms with van der Waals surface area (Å²) in [4.78, 5) is 49.2. The topological polar surface area (TPSA) is 203 Å². The fourth-order valence-electron chi connectivity index (χ4n) is 4.27. The second kappa shape index (κ2) is 9.61. The second-order valence-corrected chi connectivity index (χ2v) is 11.7. The van der Waals surface area contributed by atoms with Crippen molar-refractivity contribution in [2.45, 2.75) is 36.1 Å². The van der Waals surface area contributed by atoms with Crippen molar-refractivity contribution in [1.29, 1.82) is 0 Å². The lowest BCUT2D eigenvalue weighted by Gasteiger charge is -2.35. The maximum atomic E-state index is 12.8. The molecule has 15 heteroatoms. The number of halogens is 1. The fraction of sp³-hybridized carbons (Fsp3) is 0.261. The van der Waals surface area contributed by atoms with E-state index in [1.54, 1.807) is 0 Å². The molecule has 0 aliphatic carbocycles. The molecule has 0 radical (unpaired) electrons. The molecule has 0 saturated carbocycles. The number of rotatable bonds is 7. The van der Waals surface area contributed by atoms with Crippen molar-refractivity contribution in [2.24, 2.45) is 5.10 Å². The predicted molar refractivity (Wildman–Crippen MR) is 132 cm³/mol. The van der Waals surface area contributed by atoms with Crippen LogP contribution in [0.15, 0.2) is 41.5 Å². The Hall–Kier alpha value is -4.17. The van der Waals surface area contributed by atoms with E-state index in [4.69, 9.17) is 11.6 Å². The van der Waals surface area contributed by atoms with E-state index >= 15 is 0 Å². The molecule has 0 bridgehead atoms. The molecule has 3 atom stereocenters. The zero-order valence-corrected chi connectivity index (χ0v) is 21.2. The fourth-order valence-corrected chi connectivity index (χ4v) is 6.73. The molecule has 2 aromatic carbocycles. The van der Waals surface area contributed by atoms with Crippen molar-refractivity contribution >= 4 is 51.3 Å². The van der Waals surface area contributed by atoms with Gasteiger partial charge in [0.05, 0.1) is 17.0 Å². The quantitative estimate of drug-likeness (QED) is 0.138. The third kappa shape index (κ3) is 4.31. The number of carbonyl (C=O) groups is 4. The first kappa shape index (κ1) is 26.9. The Morgan fingerprint density at radius 1 is 1.16 bits per heavy atom. The molecule has 2 aliphatic rings. The first-order chi connectivity index (χ1) is 17.8. The lowest BCUT2D eigenvalue weighted by Crippen LogP contribution is -2.57. The van der Waals surface area contributed by atoms with Crippen molar-refractivity contribution in [1.82, 2.24) is 15.6 Å². The SMILES string of the molecule is C[C@]1(/C=N/NC(=O)c2ccc(CNC(=O)c3ccc(O)c(O)c3Cl)cc2)[C@H](C(=O)O)N2C(=O)C[C@H]2S1(=O)=O. The molecule has 5 N–H and O–H groups in total. The lowest BCUT2D eigenvalue weighted by molar-refractivity contribution is -0.156. The van der Waals surface area contributed by atoms with Crippen molar-refractivity contribution in [2.75, 3.05) is 0 Å². The van der Waals surface area contributed by atoms with Crippen LogP contribution in [-0.2, 0) is 26.0 Å². The van der Waals surface area contributed by atoms with Gasteiger partial charge in [0.25, 0.3) is 11.8 Å². The maximum absolute atomic E-state index is 12.8. The molecular weight excluding hydrogens is 544 g/mol. The van der Waals surface area contributed by atoms with Crippen LogP contribution in [0, 0.1) is 0 Å². The third-order valence-corrected chi connectivity index (χ3v) is 9.52. The van der Waals surface area contributed by atoms with Gasteiger partial charge in [-0.1, -0.05) is 23.7 Å². The molecule has 200 valence electrons. The Morgan fingerprint density at radius 2 is 1.82 bits per heavy atom. The van der Waals surface area contributed by atoms with Crippen molar-refractivity contribution in [3.8, 4) is 11.5 Å². The molecule has 0 aromatic heterocycles. The predicted octanol–water partition coefficient (Wildman–Crippen LogP) is 0.596. The zero-order valence-electron chi connectivity index (χ0n) is 19.6. The van der Waals surface area contributed by atoms with Crippen molar-refractivity contribution in [3.63, 3.8) is 0 Å². The number of carboxylic acids is 1. The largest absolute Gasteiger partial charge is 0.504 e. The highest BCUT2D eigenvalue weighted by molar-refractivity contribution is 7.94.